The zero-order valence-corrected chi connectivity index (χ0v) is 20.6. The van der Waals surface area contributed by atoms with E-state index in [0.29, 0.717) is 29.1 Å². The topological polar surface area (TPSA) is 100 Å². The lowest BCUT2D eigenvalue weighted by molar-refractivity contribution is -0.0359. The SMILES string of the molecule is CN(c1ccc(-c2ccc(-c3ncn(C)c(=O)n3)cc2O)nn1)[C@H]1C[C@]2(C)CC[C@](C)([C@H]1F)N2C. The number of halogens is 1. The van der Waals surface area contributed by atoms with E-state index in [9.17, 15) is 9.90 Å². The summed E-state index contributed by atoms with van der Waals surface area (Å²) < 4.78 is 17.0. The molecule has 0 radical (unpaired) electrons. The largest absolute Gasteiger partial charge is 0.507 e. The molecule has 4 heterocycles. The molecular formula is C25H30FN7O2. The zero-order chi connectivity index (χ0) is 25.1. The first-order valence-corrected chi connectivity index (χ1v) is 11.7. The third-order valence-corrected chi connectivity index (χ3v) is 8.22. The number of benzene rings is 1. The quantitative estimate of drug-likeness (QED) is 0.610. The van der Waals surface area contributed by atoms with Crippen molar-refractivity contribution in [2.75, 3.05) is 19.0 Å². The van der Waals surface area contributed by atoms with Crippen molar-refractivity contribution < 1.29 is 9.50 Å². The van der Waals surface area contributed by atoms with Gasteiger partial charge in [-0.25, -0.2) is 14.2 Å². The van der Waals surface area contributed by atoms with Gasteiger partial charge in [-0.05, 0) is 64.4 Å². The highest BCUT2D eigenvalue weighted by molar-refractivity contribution is 5.72. The second kappa shape index (κ2) is 8.08. The van der Waals surface area contributed by atoms with Gasteiger partial charge in [0, 0.05) is 30.8 Å². The van der Waals surface area contributed by atoms with Crippen LogP contribution in [0.25, 0.3) is 22.6 Å². The Labute approximate surface area is 203 Å². The smallest absolute Gasteiger partial charge is 0.350 e. The Morgan fingerprint density at radius 3 is 2.57 bits per heavy atom. The highest BCUT2D eigenvalue weighted by Crippen LogP contribution is 2.51. The predicted octanol–water partition coefficient (Wildman–Crippen LogP) is 2.79. The van der Waals surface area contributed by atoms with Crippen molar-refractivity contribution in [3.8, 4) is 28.4 Å². The summed E-state index contributed by atoms with van der Waals surface area (Å²) in [5.74, 6) is 0.786. The van der Waals surface area contributed by atoms with Crippen LogP contribution in [0.1, 0.15) is 33.1 Å². The molecule has 2 fully saturated rings. The van der Waals surface area contributed by atoms with E-state index in [2.05, 4.69) is 32.0 Å². The normalized spacial score (nSPS) is 28.3. The minimum absolute atomic E-state index is 0.0289. The molecule has 5 rings (SSSR count). The van der Waals surface area contributed by atoms with Gasteiger partial charge in [0.2, 0.25) is 0 Å². The number of rotatable bonds is 4. The Morgan fingerprint density at radius 2 is 1.91 bits per heavy atom. The average molecular weight is 480 g/mol. The number of phenols is 1. The molecule has 4 atom stereocenters. The zero-order valence-electron chi connectivity index (χ0n) is 20.6. The fourth-order valence-electron chi connectivity index (χ4n) is 5.58. The van der Waals surface area contributed by atoms with E-state index < -0.39 is 17.4 Å². The van der Waals surface area contributed by atoms with Crippen LogP contribution in [-0.4, -0.2) is 72.1 Å². The maximum atomic E-state index is 15.7. The van der Waals surface area contributed by atoms with Crippen molar-refractivity contribution in [3.05, 3.63) is 47.1 Å². The number of hydrogen-bond acceptors (Lipinski definition) is 8. The number of hydrogen-bond donors (Lipinski definition) is 1. The number of piperidine rings is 1. The Balaban J connectivity index is 1.38. The number of alkyl halides is 1. The lowest BCUT2D eigenvalue weighted by atomic mass is 9.80. The van der Waals surface area contributed by atoms with Crippen LogP contribution >= 0.6 is 0 Å². The van der Waals surface area contributed by atoms with Gasteiger partial charge < -0.3 is 10.0 Å². The lowest BCUT2D eigenvalue weighted by Crippen LogP contribution is -2.66. The summed E-state index contributed by atoms with van der Waals surface area (Å²) in [6.45, 7) is 4.23. The second-order valence-corrected chi connectivity index (χ2v) is 10.3. The van der Waals surface area contributed by atoms with Crippen molar-refractivity contribution in [1.29, 1.82) is 0 Å². The monoisotopic (exact) mass is 479 g/mol. The molecular weight excluding hydrogens is 449 g/mol. The summed E-state index contributed by atoms with van der Waals surface area (Å²) in [6.07, 6.45) is 2.91. The number of aromatic hydroxyl groups is 1. The number of aryl methyl sites for hydroxylation is 1. The molecule has 184 valence electrons. The van der Waals surface area contributed by atoms with E-state index >= 15 is 4.39 Å². The molecule has 10 heteroatoms. The van der Waals surface area contributed by atoms with E-state index in [1.807, 2.05) is 25.9 Å². The fourth-order valence-corrected chi connectivity index (χ4v) is 5.58. The van der Waals surface area contributed by atoms with E-state index in [1.54, 1.807) is 31.3 Å². The molecule has 2 aliphatic heterocycles. The summed E-state index contributed by atoms with van der Waals surface area (Å²) in [4.78, 5) is 24.0. The molecule has 0 amide bonds. The first-order chi connectivity index (χ1) is 16.5. The van der Waals surface area contributed by atoms with Crippen LogP contribution in [0.3, 0.4) is 0 Å². The first kappa shape index (κ1) is 23.3. The summed E-state index contributed by atoms with van der Waals surface area (Å²) in [6, 6.07) is 8.17. The third-order valence-electron chi connectivity index (χ3n) is 8.22. The Bertz CT molecular complexity index is 1330. The molecule has 0 unspecified atom stereocenters. The molecule has 2 saturated heterocycles. The molecule has 35 heavy (non-hydrogen) atoms. The van der Waals surface area contributed by atoms with Crippen molar-refractivity contribution in [2.45, 2.75) is 56.4 Å². The maximum Gasteiger partial charge on any atom is 0.350 e. The Morgan fingerprint density at radius 1 is 1.14 bits per heavy atom. The summed E-state index contributed by atoms with van der Waals surface area (Å²) in [5, 5.41) is 19.3. The van der Waals surface area contributed by atoms with Gasteiger partial charge in [-0.1, -0.05) is 6.07 Å². The molecule has 2 aliphatic rings. The second-order valence-electron chi connectivity index (χ2n) is 10.3. The number of phenolic OH excluding ortho intramolecular Hbond substituents is 1. The van der Waals surface area contributed by atoms with E-state index in [-0.39, 0.29) is 23.2 Å². The molecule has 2 aromatic heterocycles. The van der Waals surface area contributed by atoms with Crippen LogP contribution in [0, 0.1) is 0 Å². The number of fused-ring (bicyclic) bond motifs is 2. The minimum atomic E-state index is -1.01. The summed E-state index contributed by atoms with van der Waals surface area (Å²) in [7, 11) is 5.47. The van der Waals surface area contributed by atoms with Gasteiger partial charge in [-0.15, -0.1) is 10.2 Å². The third kappa shape index (κ3) is 3.67. The molecule has 0 spiro atoms. The first-order valence-electron chi connectivity index (χ1n) is 11.7. The molecule has 1 aromatic carbocycles. The molecule has 2 bridgehead atoms. The summed E-state index contributed by atoms with van der Waals surface area (Å²) >= 11 is 0. The molecule has 0 aliphatic carbocycles. The van der Waals surface area contributed by atoms with Crippen LogP contribution in [0.2, 0.25) is 0 Å². The van der Waals surface area contributed by atoms with Crippen molar-refractivity contribution in [1.82, 2.24) is 29.6 Å². The predicted molar refractivity (Wildman–Crippen MR) is 131 cm³/mol. The van der Waals surface area contributed by atoms with Crippen LogP contribution in [0.4, 0.5) is 10.2 Å². The van der Waals surface area contributed by atoms with E-state index in [4.69, 9.17) is 0 Å². The van der Waals surface area contributed by atoms with E-state index in [1.165, 1.54) is 17.0 Å². The van der Waals surface area contributed by atoms with Gasteiger partial charge in [0.25, 0.3) is 0 Å². The number of anilines is 1. The standard InChI is InChI=1S/C25H30FN7O2/c1-24-10-11-25(2,33(24)5)21(26)18(13-24)32(4)20-9-8-17(29-30-20)16-7-6-15(12-19(16)34)22-27-14-31(3)23(35)28-22/h6-9,12,14,18,21,34H,10-11,13H2,1-5H3/t18-,21-,24-,25+/m0/s1. The van der Waals surface area contributed by atoms with Gasteiger partial charge in [-0.3, -0.25) is 9.47 Å². The van der Waals surface area contributed by atoms with Crippen molar-refractivity contribution in [2.24, 2.45) is 7.05 Å². The molecule has 1 N–H and O–H groups in total. The molecule has 9 nitrogen and oxygen atoms in total. The van der Waals surface area contributed by atoms with Crippen molar-refractivity contribution in [3.63, 3.8) is 0 Å². The number of nitrogens with zero attached hydrogens (tertiary/aromatic N) is 7. The van der Waals surface area contributed by atoms with Crippen molar-refractivity contribution >= 4 is 5.82 Å². The lowest BCUT2D eigenvalue weighted by Gasteiger charge is -2.53. The van der Waals surface area contributed by atoms with Gasteiger partial charge in [0.1, 0.15) is 18.2 Å². The number of aromatic nitrogens is 5. The fraction of sp³-hybridized carbons (Fsp3) is 0.480. The minimum Gasteiger partial charge on any atom is -0.507 e. The Kier molecular flexibility index (Phi) is 5.39. The van der Waals surface area contributed by atoms with Crippen LogP contribution in [0.5, 0.6) is 5.75 Å². The molecule has 0 saturated carbocycles. The van der Waals surface area contributed by atoms with E-state index in [0.717, 1.165) is 12.8 Å². The van der Waals surface area contributed by atoms with Gasteiger partial charge in [-0.2, -0.15) is 4.98 Å². The maximum absolute atomic E-state index is 15.7. The van der Waals surface area contributed by atoms with Crippen LogP contribution < -0.4 is 10.6 Å². The van der Waals surface area contributed by atoms with Gasteiger partial charge in [0.05, 0.1) is 17.3 Å². The molecule has 3 aromatic rings. The van der Waals surface area contributed by atoms with Crippen LogP contribution in [0.15, 0.2) is 41.5 Å². The van der Waals surface area contributed by atoms with Gasteiger partial charge in [0.15, 0.2) is 11.6 Å². The van der Waals surface area contributed by atoms with Crippen LogP contribution in [-0.2, 0) is 7.05 Å². The Hall–Kier alpha value is -3.40. The highest BCUT2D eigenvalue weighted by Gasteiger charge is 2.60. The van der Waals surface area contributed by atoms with Gasteiger partial charge >= 0.3 is 5.69 Å². The highest BCUT2D eigenvalue weighted by atomic mass is 19.1. The average Bonchev–Trinajstić information content (AvgIpc) is 3.01. The summed E-state index contributed by atoms with van der Waals surface area (Å²) in [5.41, 5.74) is 0.528.